The zero-order valence-corrected chi connectivity index (χ0v) is 17.3. The Hall–Kier alpha value is -1.22. The standard InChI is InChI=1S/2C6H14N2.C6H10O4/c2*1-6-7(2)4-5-8(6)3;7-5(8)3-1-2-4-6(9)10/h2*6H,4-5H2,1-3H3;1-4H2,(H,7,8)(H,9,10). The molecule has 2 rings (SSSR count). The van der Waals surface area contributed by atoms with Gasteiger partial charge in [0.05, 0.1) is 40.3 Å². The highest BCUT2D eigenvalue weighted by atomic mass is 16.4. The number of rotatable bonds is 5. The highest BCUT2D eigenvalue weighted by Gasteiger charge is 2.25. The van der Waals surface area contributed by atoms with Gasteiger partial charge in [0.2, 0.25) is 0 Å². The fraction of sp³-hybridized carbons (Fsp3) is 0.889. The lowest BCUT2D eigenvalue weighted by Gasteiger charge is -2.15. The number of carbonyl (C=O) groups excluding carboxylic acids is 2. The van der Waals surface area contributed by atoms with Gasteiger partial charge in [-0.3, -0.25) is 9.80 Å². The fourth-order valence-corrected chi connectivity index (χ4v) is 2.80. The normalized spacial score (nSPS) is 28.7. The Morgan fingerprint density at radius 2 is 1.15 bits per heavy atom. The molecule has 4 atom stereocenters. The summed E-state index contributed by atoms with van der Waals surface area (Å²) in [4.78, 5) is 27.6. The Morgan fingerprint density at radius 3 is 1.27 bits per heavy atom. The molecule has 0 bridgehead atoms. The third kappa shape index (κ3) is 10.7. The summed E-state index contributed by atoms with van der Waals surface area (Å²) in [5.74, 6) is -2.28. The number of aliphatic carboxylic acids is 2. The van der Waals surface area contributed by atoms with Gasteiger partial charge < -0.3 is 29.6 Å². The molecule has 2 N–H and O–H groups in total. The van der Waals surface area contributed by atoms with Crippen molar-refractivity contribution in [1.82, 2.24) is 9.80 Å². The van der Waals surface area contributed by atoms with Crippen LogP contribution in [0.15, 0.2) is 0 Å². The van der Waals surface area contributed by atoms with E-state index in [9.17, 15) is 19.8 Å². The van der Waals surface area contributed by atoms with Crippen LogP contribution in [0.5, 0.6) is 0 Å². The van der Waals surface area contributed by atoms with Gasteiger partial charge in [-0.1, -0.05) is 0 Å². The highest BCUT2D eigenvalue weighted by molar-refractivity contribution is 5.65. The van der Waals surface area contributed by atoms with Gasteiger partial charge in [-0.25, -0.2) is 0 Å². The van der Waals surface area contributed by atoms with Gasteiger partial charge in [0, 0.05) is 25.8 Å². The molecule has 4 unspecified atom stereocenters. The van der Waals surface area contributed by atoms with Gasteiger partial charge in [-0.2, -0.15) is 0 Å². The van der Waals surface area contributed by atoms with E-state index >= 15 is 0 Å². The van der Waals surface area contributed by atoms with Crippen molar-refractivity contribution < 1.29 is 29.6 Å². The molecule has 154 valence electrons. The number of nitrogens with zero attached hydrogens (tertiary/aromatic N) is 2. The van der Waals surface area contributed by atoms with Crippen molar-refractivity contribution in [3.05, 3.63) is 0 Å². The van der Waals surface area contributed by atoms with E-state index in [1.165, 1.54) is 26.2 Å². The zero-order valence-electron chi connectivity index (χ0n) is 17.3. The molecule has 2 aliphatic rings. The summed E-state index contributed by atoms with van der Waals surface area (Å²) in [7, 11) is 8.85. The number of carboxylic acids is 2. The predicted molar refractivity (Wildman–Crippen MR) is 96.2 cm³/mol. The zero-order chi connectivity index (χ0) is 20.3. The average Bonchev–Trinajstić information content (AvgIpc) is 3.02. The Balaban J connectivity index is 0.000000363. The quantitative estimate of drug-likeness (QED) is 0.472. The average molecular weight is 375 g/mol. The minimum Gasteiger partial charge on any atom is -0.550 e. The van der Waals surface area contributed by atoms with Crippen LogP contribution in [0.25, 0.3) is 0 Å². The van der Waals surface area contributed by atoms with Crippen LogP contribution in [0, 0.1) is 0 Å². The molecule has 0 aliphatic carbocycles. The van der Waals surface area contributed by atoms with Crippen molar-refractivity contribution in [1.29, 1.82) is 0 Å². The fourth-order valence-electron chi connectivity index (χ4n) is 2.80. The van der Waals surface area contributed by atoms with Gasteiger partial charge >= 0.3 is 0 Å². The molecular formula is C18H38N4O4. The molecule has 0 radical (unpaired) electrons. The third-order valence-corrected chi connectivity index (χ3v) is 5.48. The van der Waals surface area contributed by atoms with Crippen LogP contribution in [-0.2, 0) is 9.59 Å². The summed E-state index contributed by atoms with van der Waals surface area (Å²) in [6.45, 7) is 9.65. The van der Waals surface area contributed by atoms with Crippen LogP contribution in [0.4, 0.5) is 0 Å². The smallest absolute Gasteiger partial charge is 0.140 e. The van der Waals surface area contributed by atoms with E-state index in [4.69, 9.17) is 0 Å². The number of unbranched alkanes of at least 4 members (excludes halogenated alkanes) is 1. The molecule has 0 aromatic heterocycles. The maximum Gasteiger partial charge on any atom is 0.140 e. The van der Waals surface area contributed by atoms with Crippen molar-refractivity contribution in [3.8, 4) is 0 Å². The summed E-state index contributed by atoms with van der Waals surface area (Å²) in [5.41, 5.74) is 0. The highest BCUT2D eigenvalue weighted by Crippen LogP contribution is 1.97. The van der Waals surface area contributed by atoms with Gasteiger partial charge in [0.1, 0.15) is 12.3 Å². The van der Waals surface area contributed by atoms with Crippen LogP contribution in [0.3, 0.4) is 0 Å². The second-order valence-electron chi connectivity index (χ2n) is 7.46. The van der Waals surface area contributed by atoms with E-state index in [2.05, 4.69) is 51.8 Å². The summed E-state index contributed by atoms with van der Waals surface area (Å²) < 4.78 is 0. The van der Waals surface area contributed by atoms with Crippen LogP contribution in [0.2, 0.25) is 0 Å². The van der Waals surface area contributed by atoms with E-state index < -0.39 is 11.9 Å². The Labute approximate surface area is 158 Å². The molecular weight excluding hydrogens is 336 g/mol. The number of hydrogen-bond donors (Lipinski definition) is 2. The van der Waals surface area contributed by atoms with Gasteiger partial charge in [0.25, 0.3) is 0 Å². The van der Waals surface area contributed by atoms with Crippen molar-refractivity contribution in [2.75, 3.05) is 54.4 Å². The van der Waals surface area contributed by atoms with Crippen molar-refractivity contribution >= 4 is 11.9 Å². The molecule has 2 fully saturated rings. The molecule has 8 nitrogen and oxygen atoms in total. The van der Waals surface area contributed by atoms with Gasteiger partial charge in [-0.05, 0) is 39.8 Å². The van der Waals surface area contributed by atoms with E-state index in [1.54, 1.807) is 9.80 Å². The van der Waals surface area contributed by atoms with Crippen molar-refractivity contribution in [2.45, 2.75) is 51.9 Å². The number of quaternary nitrogens is 2. The third-order valence-electron chi connectivity index (χ3n) is 5.48. The molecule has 26 heavy (non-hydrogen) atoms. The topological polar surface area (TPSA) is 95.6 Å². The Morgan fingerprint density at radius 1 is 0.846 bits per heavy atom. The number of carbonyl (C=O) groups is 2. The molecule has 0 aromatic carbocycles. The Bertz CT molecular complexity index is 364. The lowest BCUT2D eigenvalue weighted by molar-refractivity contribution is -0.896. The second-order valence-corrected chi connectivity index (χ2v) is 7.46. The molecule has 0 aromatic rings. The molecule has 2 heterocycles. The summed E-state index contributed by atoms with van der Waals surface area (Å²) >= 11 is 0. The van der Waals surface area contributed by atoms with Crippen LogP contribution >= 0.6 is 0 Å². The van der Waals surface area contributed by atoms with E-state index in [0.717, 1.165) is 12.3 Å². The molecule has 2 saturated heterocycles. The number of hydrogen-bond acceptors (Lipinski definition) is 6. The first-order valence-electron chi connectivity index (χ1n) is 9.51. The maximum absolute atomic E-state index is 9.77. The van der Waals surface area contributed by atoms with Crippen molar-refractivity contribution in [3.63, 3.8) is 0 Å². The second kappa shape index (κ2) is 13.0. The summed E-state index contributed by atoms with van der Waals surface area (Å²) in [6.07, 6.45) is 2.00. The minimum absolute atomic E-state index is 0.0761. The molecule has 0 spiro atoms. The first-order chi connectivity index (χ1) is 12.1. The van der Waals surface area contributed by atoms with E-state index in [-0.39, 0.29) is 12.8 Å². The van der Waals surface area contributed by atoms with Crippen molar-refractivity contribution in [2.24, 2.45) is 0 Å². The van der Waals surface area contributed by atoms with Crippen LogP contribution in [-0.4, -0.2) is 88.4 Å². The predicted octanol–water partition coefficient (Wildman–Crippen LogP) is -4.37. The molecule has 2 aliphatic heterocycles. The largest absolute Gasteiger partial charge is 0.550 e. The summed E-state index contributed by atoms with van der Waals surface area (Å²) in [6, 6.07) is 0. The van der Waals surface area contributed by atoms with E-state index in [1.807, 2.05) is 0 Å². The lowest BCUT2D eigenvalue weighted by Crippen LogP contribution is -3.11. The van der Waals surface area contributed by atoms with E-state index in [0.29, 0.717) is 12.8 Å². The first-order valence-corrected chi connectivity index (χ1v) is 9.51. The lowest BCUT2D eigenvalue weighted by atomic mass is 10.2. The molecule has 8 heteroatoms. The minimum atomic E-state index is -1.14. The number of likely N-dealkylation sites (N-methyl/N-ethyl adjacent to an activating group) is 4. The van der Waals surface area contributed by atoms with Gasteiger partial charge in [-0.15, -0.1) is 0 Å². The monoisotopic (exact) mass is 374 g/mol. The van der Waals surface area contributed by atoms with Crippen LogP contribution < -0.4 is 20.0 Å². The SMILES string of the molecule is CC1N(C)CC[NH+]1C.CC1N(C)CC[NH+]1C.O=C([O-])CCCCC(=O)[O-]. The summed E-state index contributed by atoms with van der Waals surface area (Å²) in [5, 5.41) is 19.5. The molecule has 0 amide bonds. The van der Waals surface area contributed by atoms with Crippen LogP contribution in [0.1, 0.15) is 39.5 Å². The number of nitrogens with one attached hydrogen (secondary N) is 2. The van der Waals surface area contributed by atoms with Gasteiger partial charge in [0.15, 0.2) is 0 Å². The Kier molecular flexibility index (Phi) is 12.4. The maximum atomic E-state index is 9.77. The number of carboxylic acid groups (broad SMARTS) is 2. The first kappa shape index (κ1) is 24.8. The molecule has 0 saturated carbocycles.